The summed E-state index contributed by atoms with van der Waals surface area (Å²) in [5.41, 5.74) is 6.10. The molecule has 1 aromatic rings. The van der Waals surface area contributed by atoms with Crippen molar-refractivity contribution >= 4 is 39.8 Å². The number of carbonyl (C=O) groups is 1. The molecule has 16 heavy (non-hydrogen) atoms. The predicted octanol–water partition coefficient (Wildman–Crippen LogP) is 2.46. The van der Waals surface area contributed by atoms with Gasteiger partial charge in [-0.2, -0.15) is 0 Å². The second-order valence-electron chi connectivity index (χ2n) is 4.37. The minimum atomic E-state index is -0.343. The first-order valence-corrected chi connectivity index (χ1v) is 7.11. The van der Waals surface area contributed by atoms with Crippen LogP contribution in [0.5, 0.6) is 0 Å². The van der Waals surface area contributed by atoms with Crippen molar-refractivity contribution in [2.75, 3.05) is 6.54 Å². The summed E-state index contributed by atoms with van der Waals surface area (Å²) >= 11 is 3.78. The van der Waals surface area contributed by atoms with E-state index in [4.69, 9.17) is 5.73 Å². The summed E-state index contributed by atoms with van der Waals surface area (Å²) in [7, 11) is 0. The van der Waals surface area contributed by atoms with E-state index in [-0.39, 0.29) is 11.4 Å². The van der Waals surface area contributed by atoms with Crippen molar-refractivity contribution in [3.8, 4) is 0 Å². The van der Waals surface area contributed by atoms with Crippen molar-refractivity contribution in [1.29, 1.82) is 0 Å². The summed E-state index contributed by atoms with van der Waals surface area (Å²) in [5.74, 6) is 0.264. The lowest BCUT2D eigenvalue weighted by atomic mass is 9.88. The van der Waals surface area contributed by atoms with Gasteiger partial charge in [0, 0.05) is 11.9 Å². The fourth-order valence-electron chi connectivity index (χ4n) is 1.19. The molecule has 0 aliphatic heterocycles. The maximum absolute atomic E-state index is 12.0. The second-order valence-corrected chi connectivity index (χ2v) is 7.18. The highest BCUT2D eigenvalue weighted by Gasteiger charge is 2.29. The number of hydrogen-bond acceptors (Lipinski definition) is 3. The summed E-state index contributed by atoms with van der Waals surface area (Å²) in [6.45, 7) is 6.54. The highest BCUT2D eigenvalue weighted by molar-refractivity contribution is 14.1. The van der Waals surface area contributed by atoms with Gasteiger partial charge in [-0.05, 0) is 41.5 Å². The average Bonchev–Trinajstić information content (AvgIpc) is 2.64. The number of halogens is 1. The molecule has 0 radical (unpaired) electrons. The highest BCUT2D eigenvalue weighted by Crippen LogP contribution is 2.19. The fraction of sp³-hybridized carbons (Fsp3) is 0.545. The van der Waals surface area contributed by atoms with E-state index in [0.717, 1.165) is 8.45 Å². The van der Waals surface area contributed by atoms with Crippen LogP contribution in [0.15, 0.2) is 11.4 Å². The SMILES string of the molecule is CC(C)C(C)(CN)NC(=O)c1csc(I)c1. The molecule has 1 amide bonds. The predicted molar refractivity (Wildman–Crippen MR) is 76.8 cm³/mol. The minimum absolute atomic E-state index is 0.0409. The van der Waals surface area contributed by atoms with Gasteiger partial charge in [0.1, 0.15) is 0 Å². The van der Waals surface area contributed by atoms with E-state index in [1.165, 1.54) is 0 Å². The maximum Gasteiger partial charge on any atom is 0.252 e. The average molecular weight is 352 g/mol. The molecular formula is C11H17IN2OS. The van der Waals surface area contributed by atoms with Gasteiger partial charge in [-0.25, -0.2) is 0 Å². The van der Waals surface area contributed by atoms with Gasteiger partial charge in [0.05, 0.1) is 14.0 Å². The van der Waals surface area contributed by atoms with Crippen molar-refractivity contribution in [2.24, 2.45) is 11.7 Å². The van der Waals surface area contributed by atoms with Crippen LogP contribution in [0.3, 0.4) is 0 Å². The van der Waals surface area contributed by atoms with Crippen LogP contribution in [0.1, 0.15) is 31.1 Å². The number of nitrogens with one attached hydrogen (secondary N) is 1. The molecule has 0 aliphatic carbocycles. The van der Waals surface area contributed by atoms with Crippen LogP contribution in [0.25, 0.3) is 0 Å². The Morgan fingerprint density at radius 1 is 1.69 bits per heavy atom. The Hall–Kier alpha value is -0.140. The summed E-state index contributed by atoms with van der Waals surface area (Å²) in [5, 5.41) is 4.88. The van der Waals surface area contributed by atoms with Gasteiger partial charge in [0.25, 0.3) is 5.91 Å². The van der Waals surface area contributed by atoms with E-state index in [9.17, 15) is 4.79 Å². The van der Waals surface area contributed by atoms with E-state index in [0.29, 0.717) is 12.5 Å². The fourth-order valence-corrected chi connectivity index (χ4v) is 2.52. The molecule has 0 saturated carbocycles. The summed E-state index contributed by atoms with van der Waals surface area (Å²) in [4.78, 5) is 12.0. The van der Waals surface area contributed by atoms with Crippen molar-refractivity contribution in [3.63, 3.8) is 0 Å². The topological polar surface area (TPSA) is 55.1 Å². The number of nitrogens with two attached hydrogens (primary N) is 1. The van der Waals surface area contributed by atoms with E-state index < -0.39 is 0 Å². The standard InChI is InChI=1S/C11H17IN2OS/c1-7(2)11(3,6-13)14-10(15)8-4-9(12)16-5-8/h4-5,7H,6,13H2,1-3H3,(H,14,15). The molecule has 0 aromatic carbocycles. The molecule has 3 nitrogen and oxygen atoms in total. The Labute approximate surface area is 114 Å². The van der Waals surface area contributed by atoms with Crippen LogP contribution >= 0.6 is 33.9 Å². The van der Waals surface area contributed by atoms with E-state index >= 15 is 0 Å². The zero-order chi connectivity index (χ0) is 12.3. The first-order valence-electron chi connectivity index (χ1n) is 5.15. The molecular weight excluding hydrogens is 335 g/mol. The van der Waals surface area contributed by atoms with Crippen LogP contribution < -0.4 is 11.1 Å². The Kier molecular flexibility index (Phi) is 4.75. The molecule has 5 heteroatoms. The lowest BCUT2D eigenvalue weighted by molar-refractivity contribution is 0.0883. The third-order valence-corrected chi connectivity index (χ3v) is 4.72. The van der Waals surface area contributed by atoms with Crippen molar-refractivity contribution < 1.29 is 4.79 Å². The van der Waals surface area contributed by atoms with E-state index in [1.54, 1.807) is 11.3 Å². The van der Waals surface area contributed by atoms with Gasteiger partial charge in [-0.1, -0.05) is 13.8 Å². The summed E-state index contributed by atoms with van der Waals surface area (Å²) < 4.78 is 1.11. The van der Waals surface area contributed by atoms with Crippen molar-refractivity contribution in [3.05, 3.63) is 19.9 Å². The number of rotatable bonds is 4. The zero-order valence-electron chi connectivity index (χ0n) is 9.71. The molecule has 0 fully saturated rings. The Morgan fingerprint density at radius 2 is 2.31 bits per heavy atom. The van der Waals surface area contributed by atoms with E-state index in [1.807, 2.05) is 18.4 Å². The molecule has 1 rings (SSSR count). The van der Waals surface area contributed by atoms with Gasteiger partial charge in [-0.3, -0.25) is 4.79 Å². The zero-order valence-corrected chi connectivity index (χ0v) is 12.7. The van der Waals surface area contributed by atoms with Crippen LogP contribution in [-0.2, 0) is 0 Å². The summed E-state index contributed by atoms with van der Waals surface area (Å²) in [6, 6.07) is 1.89. The Bertz CT molecular complexity index is 378. The molecule has 0 aliphatic rings. The summed E-state index contributed by atoms with van der Waals surface area (Å²) in [6.07, 6.45) is 0. The van der Waals surface area contributed by atoms with Crippen molar-refractivity contribution in [1.82, 2.24) is 5.32 Å². The number of hydrogen-bond donors (Lipinski definition) is 2. The normalized spacial score (nSPS) is 14.9. The molecule has 90 valence electrons. The smallest absolute Gasteiger partial charge is 0.252 e. The van der Waals surface area contributed by atoms with Crippen LogP contribution in [0.2, 0.25) is 0 Å². The Morgan fingerprint density at radius 3 is 2.69 bits per heavy atom. The van der Waals surface area contributed by atoms with Crippen LogP contribution in [-0.4, -0.2) is 18.0 Å². The molecule has 0 bridgehead atoms. The lowest BCUT2D eigenvalue weighted by Gasteiger charge is -2.33. The van der Waals surface area contributed by atoms with Crippen LogP contribution in [0.4, 0.5) is 0 Å². The highest BCUT2D eigenvalue weighted by atomic mass is 127. The first kappa shape index (κ1) is 13.9. The molecule has 1 atom stereocenters. The molecule has 0 saturated heterocycles. The second kappa shape index (κ2) is 5.46. The first-order chi connectivity index (χ1) is 7.39. The van der Waals surface area contributed by atoms with Gasteiger partial charge in [0.15, 0.2) is 0 Å². The molecule has 0 spiro atoms. The van der Waals surface area contributed by atoms with Gasteiger partial charge < -0.3 is 11.1 Å². The van der Waals surface area contributed by atoms with E-state index in [2.05, 4.69) is 41.8 Å². The number of thiophene rings is 1. The van der Waals surface area contributed by atoms with Crippen LogP contribution in [0, 0.1) is 8.80 Å². The minimum Gasteiger partial charge on any atom is -0.345 e. The Balaban J connectivity index is 2.77. The number of carbonyl (C=O) groups excluding carboxylic acids is 1. The number of amides is 1. The molecule has 1 heterocycles. The van der Waals surface area contributed by atoms with Gasteiger partial charge >= 0.3 is 0 Å². The quantitative estimate of drug-likeness (QED) is 0.818. The lowest BCUT2D eigenvalue weighted by Crippen LogP contribution is -2.54. The maximum atomic E-state index is 12.0. The van der Waals surface area contributed by atoms with Crippen molar-refractivity contribution in [2.45, 2.75) is 26.3 Å². The third kappa shape index (κ3) is 3.18. The monoisotopic (exact) mass is 352 g/mol. The van der Waals surface area contributed by atoms with Gasteiger partial charge in [0.2, 0.25) is 0 Å². The third-order valence-electron chi connectivity index (χ3n) is 2.93. The largest absolute Gasteiger partial charge is 0.345 e. The molecule has 1 aromatic heterocycles. The molecule has 3 N–H and O–H groups in total. The van der Waals surface area contributed by atoms with Gasteiger partial charge in [-0.15, -0.1) is 11.3 Å². The molecule has 1 unspecified atom stereocenters.